The van der Waals surface area contributed by atoms with Crippen LogP contribution in [-0.2, 0) is 9.53 Å². The van der Waals surface area contributed by atoms with Crippen LogP contribution in [0.5, 0.6) is 0 Å². The number of hydrogen-bond acceptors (Lipinski definition) is 4. The van der Waals surface area contributed by atoms with Gasteiger partial charge in [-0.05, 0) is 90.7 Å². The van der Waals surface area contributed by atoms with Crippen molar-refractivity contribution in [2.24, 2.45) is 17.3 Å². The molecule has 2 saturated carbocycles. The number of allylic oxidation sites excluding steroid dienone is 4. The number of aliphatic hydroxyl groups is 1. The molecule has 4 heteroatoms. The second kappa shape index (κ2) is 7.85. The summed E-state index contributed by atoms with van der Waals surface area (Å²) < 4.78 is 5.52. The summed E-state index contributed by atoms with van der Waals surface area (Å²) in [6.07, 6.45) is 8.56. The molecule has 0 bridgehead atoms. The minimum Gasteiger partial charge on any atom is -0.393 e. The van der Waals surface area contributed by atoms with Crippen molar-refractivity contribution in [3.63, 3.8) is 0 Å². The lowest BCUT2D eigenvalue weighted by Crippen LogP contribution is -2.45. The first-order valence-corrected chi connectivity index (χ1v) is 12.6. The van der Waals surface area contributed by atoms with E-state index < -0.39 is 0 Å². The quantitative estimate of drug-likeness (QED) is 0.729. The van der Waals surface area contributed by atoms with E-state index in [1.807, 2.05) is 6.08 Å². The van der Waals surface area contributed by atoms with Gasteiger partial charge in [0.15, 0.2) is 5.78 Å². The van der Waals surface area contributed by atoms with Crippen LogP contribution in [0.25, 0.3) is 0 Å². The highest BCUT2D eigenvalue weighted by Crippen LogP contribution is 2.63. The highest BCUT2D eigenvalue weighted by Gasteiger charge is 2.56. The molecule has 0 amide bonds. The highest BCUT2D eigenvalue weighted by molar-refractivity contribution is 5.93. The first kappa shape index (κ1) is 20.7. The maximum absolute atomic E-state index is 12.1. The maximum Gasteiger partial charge on any atom is 0.156 e. The summed E-state index contributed by atoms with van der Waals surface area (Å²) >= 11 is 0. The van der Waals surface area contributed by atoms with E-state index in [1.165, 1.54) is 22.4 Å². The molecule has 5 atom stereocenters. The van der Waals surface area contributed by atoms with Gasteiger partial charge in [-0.3, -0.25) is 4.79 Å². The van der Waals surface area contributed by atoms with Crippen LogP contribution in [0.4, 0.5) is 5.69 Å². The van der Waals surface area contributed by atoms with Crippen LogP contribution in [-0.4, -0.2) is 43.3 Å². The Bertz CT molecular complexity index is 971. The Balaban J connectivity index is 1.41. The Hall–Kier alpha value is -1.91. The van der Waals surface area contributed by atoms with Gasteiger partial charge in [-0.25, -0.2) is 0 Å². The molecule has 5 aliphatic rings. The summed E-state index contributed by atoms with van der Waals surface area (Å²) in [4.78, 5) is 14.6. The number of ketones is 1. The van der Waals surface area contributed by atoms with Gasteiger partial charge in [0.2, 0.25) is 0 Å². The van der Waals surface area contributed by atoms with E-state index >= 15 is 0 Å². The Labute approximate surface area is 191 Å². The summed E-state index contributed by atoms with van der Waals surface area (Å²) in [7, 11) is 0. The molecule has 1 aromatic carbocycles. The smallest absolute Gasteiger partial charge is 0.156 e. The minimum absolute atomic E-state index is 0.00597. The van der Waals surface area contributed by atoms with E-state index in [2.05, 4.69) is 36.1 Å². The van der Waals surface area contributed by atoms with E-state index in [1.54, 1.807) is 5.57 Å². The van der Waals surface area contributed by atoms with Gasteiger partial charge in [-0.2, -0.15) is 0 Å². The first-order chi connectivity index (χ1) is 15.5. The van der Waals surface area contributed by atoms with Crippen molar-refractivity contribution in [3.8, 4) is 0 Å². The molecule has 6 rings (SSSR count). The lowest BCUT2D eigenvalue weighted by atomic mass is 9.53. The van der Waals surface area contributed by atoms with Gasteiger partial charge in [0.05, 0.1) is 19.3 Å². The van der Waals surface area contributed by atoms with E-state index in [0.29, 0.717) is 30.0 Å². The summed E-state index contributed by atoms with van der Waals surface area (Å²) in [5.41, 5.74) is 7.07. The predicted molar refractivity (Wildman–Crippen MR) is 126 cm³/mol. The molecule has 1 aromatic rings. The molecular weight excluding hydrogens is 398 g/mol. The molecule has 4 aliphatic carbocycles. The van der Waals surface area contributed by atoms with Crippen LogP contribution in [0.1, 0.15) is 63.4 Å². The van der Waals surface area contributed by atoms with Crippen LogP contribution in [0.2, 0.25) is 0 Å². The number of fused-ring (bicyclic) bond motifs is 4. The highest BCUT2D eigenvalue weighted by atomic mass is 16.5. The zero-order valence-electron chi connectivity index (χ0n) is 19.2. The zero-order valence-corrected chi connectivity index (χ0v) is 19.2. The lowest BCUT2D eigenvalue weighted by Gasteiger charge is -2.52. The molecule has 0 radical (unpaired) electrons. The molecule has 170 valence electrons. The van der Waals surface area contributed by atoms with Gasteiger partial charge < -0.3 is 14.7 Å². The largest absolute Gasteiger partial charge is 0.393 e. The normalized spacial score (nSPS) is 37.0. The van der Waals surface area contributed by atoms with Crippen molar-refractivity contribution >= 4 is 11.5 Å². The molecule has 32 heavy (non-hydrogen) atoms. The van der Waals surface area contributed by atoms with Crippen molar-refractivity contribution in [1.29, 1.82) is 0 Å². The number of hydrogen-bond donors (Lipinski definition) is 1. The Morgan fingerprint density at radius 1 is 1.03 bits per heavy atom. The number of carbonyl (C=O) groups is 1. The van der Waals surface area contributed by atoms with Crippen LogP contribution in [0.15, 0.2) is 47.1 Å². The number of aliphatic hydroxyl groups excluding tert-OH is 1. The fourth-order valence-electron chi connectivity index (χ4n) is 7.67. The van der Waals surface area contributed by atoms with Crippen molar-refractivity contribution in [2.75, 3.05) is 31.2 Å². The Kier molecular flexibility index (Phi) is 5.07. The topological polar surface area (TPSA) is 49.8 Å². The van der Waals surface area contributed by atoms with Gasteiger partial charge in [0.25, 0.3) is 0 Å². The van der Waals surface area contributed by atoms with Crippen LogP contribution in [0, 0.1) is 17.3 Å². The number of benzene rings is 1. The fourth-order valence-corrected chi connectivity index (χ4v) is 7.67. The number of morpholine rings is 1. The van der Waals surface area contributed by atoms with Crippen molar-refractivity contribution in [2.45, 2.75) is 63.9 Å². The Morgan fingerprint density at radius 2 is 1.81 bits per heavy atom. The van der Waals surface area contributed by atoms with E-state index in [-0.39, 0.29) is 11.5 Å². The van der Waals surface area contributed by atoms with Crippen molar-refractivity contribution in [3.05, 3.63) is 52.6 Å². The molecule has 1 N–H and O–H groups in total. The van der Waals surface area contributed by atoms with Crippen molar-refractivity contribution < 1.29 is 14.6 Å². The molecule has 0 aromatic heterocycles. The van der Waals surface area contributed by atoms with Gasteiger partial charge in [0.1, 0.15) is 0 Å². The molecule has 4 nitrogen and oxygen atoms in total. The fraction of sp³-hybridized carbons (Fsp3) is 0.607. The molecule has 1 heterocycles. The maximum atomic E-state index is 12.1. The summed E-state index contributed by atoms with van der Waals surface area (Å²) in [5, 5.41) is 11.0. The van der Waals surface area contributed by atoms with Crippen molar-refractivity contribution in [1.82, 2.24) is 0 Å². The average Bonchev–Trinajstić information content (AvgIpc) is 3.13. The second-order valence-corrected chi connectivity index (χ2v) is 10.9. The SMILES string of the molecule is CC12CC(c3ccc(N4CCOCC4)cc3)C3=C4CCC(=O)C=C4CCC3C1CCC2O. The summed E-state index contributed by atoms with van der Waals surface area (Å²) in [6, 6.07) is 9.23. The lowest BCUT2D eigenvalue weighted by molar-refractivity contribution is -0.114. The third-order valence-corrected chi connectivity index (χ3v) is 9.35. The molecule has 1 saturated heterocycles. The van der Waals surface area contributed by atoms with Crippen LogP contribution < -0.4 is 4.90 Å². The number of carbonyl (C=O) groups excluding carboxylic acids is 1. The van der Waals surface area contributed by atoms with Gasteiger partial charge in [0, 0.05) is 31.1 Å². The minimum atomic E-state index is -0.195. The number of ether oxygens (including phenoxy) is 1. The monoisotopic (exact) mass is 433 g/mol. The molecule has 3 fully saturated rings. The third kappa shape index (κ3) is 3.21. The predicted octanol–water partition coefficient (Wildman–Crippen LogP) is 4.78. The Morgan fingerprint density at radius 3 is 2.59 bits per heavy atom. The first-order valence-electron chi connectivity index (χ1n) is 12.6. The standard InChI is InChI=1S/C28H35NO3/c1-28-17-24(18-2-5-20(6-3-18)29-12-14-32-15-13-29)27-22-9-7-21(30)16-19(22)4-8-23(27)25(28)10-11-26(28)31/h2-3,5-6,16,23-26,31H,4,7-15,17H2,1H3. The van der Waals surface area contributed by atoms with E-state index in [9.17, 15) is 9.90 Å². The third-order valence-electron chi connectivity index (χ3n) is 9.35. The summed E-state index contributed by atoms with van der Waals surface area (Å²) in [6.45, 7) is 5.85. The summed E-state index contributed by atoms with van der Waals surface area (Å²) in [5.74, 6) is 1.77. The number of anilines is 1. The zero-order chi connectivity index (χ0) is 21.9. The van der Waals surface area contributed by atoms with Crippen LogP contribution >= 0.6 is 0 Å². The number of rotatable bonds is 2. The second-order valence-electron chi connectivity index (χ2n) is 10.9. The van der Waals surface area contributed by atoms with E-state index in [0.717, 1.165) is 64.8 Å². The van der Waals surface area contributed by atoms with Gasteiger partial charge >= 0.3 is 0 Å². The van der Waals surface area contributed by atoms with Crippen LogP contribution in [0.3, 0.4) is 0 Å². The average molecular weight is 434 g/mol. The molecule has 0 spiro atoms. The molecule has 1 aliphatic heterocycles. The van der Waals surface area contributed by atoms with E-state index in [4.69, 9.17) is 4.74 Å². The van der Waals surface area contributed by atoms with Gasteiger partial charge in [-0.1, -0.05) is 24.6 Å². The number of nitrogens with zero attached hydrogens (tertiary/aromatic N) is 1. The van der Waals surface area contributed by atoms with Gasteiger partial charge in [-0.15, -0.1) is 0 Å². The molecule has 5 unspecified atom stereocenters. The molecular formula is C28H35NO3.